The van der Waals surface area contributed by atoms with E-state index in [1.165, 1.54) is 15.4 Å². The molecule has 1 aromatic carbocycles. The quantitative estimate of drug-likeness (QED) is 0.739. The van der Waals surface area contributed by atoms with Gasteiger partial charge in [0.2, 0.25) is 0 Å². The van der Waals surface area contributed by atoms with E-state index >= 15 is 0 Å². The summed E-state index contributed by atoms with van der Waals surface area (Å²) >= 11 is 2.29. The Labute approximate surface area is 123 Å². The highest BCUT2D eigenvalue weighted by atomic mass is 127. The highest BCUT2D eigenvalue weighted by Crippen LogP contribution is 2.20. The lowest BCUT2D eigenvalue weighted by molar-refractivity contribution is 0.507. The summed E-state index contributed by atoms with van der Waals surface area (Å²) < 4.78 is 23.5. The van der Waals surface area contributed by atoms with Gasteiger partial charge in [-0.1, -0.05) is 19.1 Å². The van der Waals surface area contributed by atoms with Gasteiger partial charge in [-0.3, -0.25) is 0 Å². The first-order valence-corrected chi connectivity index (χ1v) is 9.23. The number of sulfone groups is 1. The minimum absolute atomic E-state index is 0.242. The Balaban J connectivity index is 2.65. The van der Waals surface area contributed by atoms with Gasteiger partial charge in [-0.2, -0.15) is 0 Å². The maximum Gasteiger partial charge on any atom is 0.147 e. The zero-order valence-corrected chi connectivity index (χ0v) is 13.8. The molecule has 1 atom stereocenters. The van der Waals surface area contributed by atoms with Gasteiger partial charge in [-0.25, -0.2) is 8.42 Å². The molecule has 0 saturated carbocycles. The SMILES string of the molecule is CCNC(CCCS(C)(=O)=O)c1cccc(I)c1. The summed E-state index contributed by atoms with van der Waals surface area (Å²) in [5, 5.41) is 3.41. The van der Waals surface area contributed by atoms with E-state index in [1.807, 2.05) is 6.07 Å². The highest BCUT2D eigenvalue weighted by molar-refractivity contribution is 14.1. The molecule has 5 heteroatoms. The van der Waals surface area contributed by atoms with Crippen LogP contribution in [0.4, 0.5) is 0 Å². The van der Waals surface area contributed by atoms with Crippen molar-refractivity contribution in [2.24, 2.45) is 0 Å². The second-order valence-corrected chi connectivity index (χ2v) is 7.94. The van der Waals surface area contributed by atoms with Crippen LogP contribution in [0.3, 0.4) is 0 Å². The third-order valence-corrected chi connectivity index (χ3v) is 4.41. The van der Waals surface area contributed by atoms with Crippen LogP contribution in [0.5, 0.6) is 0 Å². The Kier molecular flexibility index (Phi) is 6.59. The monoisotopic (exact) mass is 381 g/mol. The Morgan fingerprint density at radius 2 is 2.11 bits per heavy atom. The molecule has 0 bridgehead atoms. The molecule has 0 aliphatic rings. The average Bonchev–Trinajstić information content (AvgIpc) is 2.26. The zero-order valence-electron chi connectivity index (χ0n) is 10.8. The van der Waals surface area contributed by atoms with Gasteiger partial charge in [0.05, 0.1) is 0 Å². The van der Waals surface area contributed by atoms with E-state index in [-0.39, 0.29) is 11.8 Å². The minimum atomic E-state index is -2.85. The molecular formula is C13H20INO2S. The summed E-state index contributed by atoms with van der Waals surface area (Å²) in [7, 11) is -2.85. The summed E-state index contributed by atoms with van der Waals surface area (Å²) in [6.45, 7) is 2.95. The molecule has 0 spiro atoms. The van der Waals surface area contributed by atoms with Crippen molar-refractivity contribution < 1.29 is 8.42 Å². The lowest BCUT2D eigenvalue weighted by Crippen LogP contribution is -2.21. The molecule has 0 amide bonds. The molecular weight excluding hydrogens is 361 g/mol. The van der Waals surface area contributed by atoms with Crippen molar-refractivity contribution >= 4 is 32.4 Å². The first-order chi connectivity index (χ1) is 8.42. The second kappa shape index (κ2) is 7.45. The van der Waals surface area contributed by atoms with Crippen LogP contribution in [0.25, 0.3) is 0 Å². The van der Waals surface area contributed by atoms with Gasteiger partial charge in [0, 0.05) is 21.6 Å². The second-order valence-electron chi connectivity index (χ2n) is 4.44. The molecule has 3 nitrogen and oxygen atoms in total. The molecule has 1 unspecified atom stereocenters. The summed E-state index contributed by atoms with van der Waals surface area (Å²) in [4.78, 5) is 0. The van der Waals surface area contributed by atoms with Crippen LogP contribution in [-0.4, -0.2) is 27.0 Å². The van der Waals surface area contributed by atoms with E-state index in [9.17, 15) is 8.42 Å². The molecule has 1 N–H and O–H groups in total. The summed E-state index contributed by atoms with van der Waals surface area (Å²) in [5.41, 5.74) is 1.23. The van der Waals surface area contributed by atoms with Crippen molar-refractivity contribution in [1.29, 1.82) is 0 Å². The predicted octanol–water partition coefficient (Wildman–Crippen LogP) is 2.77. The van der Waals surface area contributed by atoms with E-state index in [0.29, 0.717) is 6.42 Å². The Morgan fingerprint density at radius 1 is 1.39 bits per heavy atom. The number of rotatable bonds is 7. The summed E-state index contributed by atoms with van der Waals surface area (Å²) in [6, 6.07) is 8.58. The van der Waals surface area contributed by atoms with Crippen LogP contribution in [0.15, 0.2) is 24.3 Å². The van der Waals surface area contributed by atoms with E-state index in [4.69, 9.17) is 0 Å². The minimum Gasteiger partial charge on any atom is -0.310 e. The largest absolute Gasteiger partial charge is 0.310 e. The molecule has 0 fully saturated rings. The highest BCUT2D eigenvalue weighted by Gasteiger charge is 2.11. The third kappa shape index (κ3) is 6.15. The van der Waals surface area contributed by atoms with Crippen LogP contribution < -0.4 is 5.32 Å². The van der Waals surface area contributed by atoms with Crippen molar-refractivity contribution in [3.05, 3.63) is 33.4 Å². The lowest BCUT2D eigenvalue weighted by Gasteiger charge is -2.18. The van der Waals surface area contributed by atoms with Crippen LogP contribution in [0.2, 0.25) is 0 Å². The van der Waals surface area contributed by atoms with Crippen molar-refractivity contribution in [2.75, 3.05) is 18.6 Å². The van der Waals surface area contributed by atoms with Crippen molar-refractivity contribution in [2.45, 2.75) is 25.8 Å². The molecule has 1 rings (SSSR count). The maximum atomic E-state index is 11.1. The Bertz CT molecular complexity index is 474. The van der Waals surface area contributed by atoms with Crippen LogP contribution in [0.1, 0.15) is 31.4 Å². The fourth-order valence-corrected chi connectivity index (χ4v) is 3.16. The van der Waals surface area contributed by atoms with Crippen molar-refractivity contribution in [3.8, 4) is 0 Å². The van der Waals surface area contributed by atoms with Gasteiger partial charge in [0.15, 0.2) is 0 Å². The molecule has 0 heterocycles. The zero-order chi connectivity index (χ0) is 13.6. The van der Waals surface area contributed by atoms with Crippen LogP contribution in [0, 0.1) is 3.57 Å². The fraction of sp³-hybridized carbons (Fsp3) is 0.538. The molecule has 0 saturated heterocycles. The van der Waals surface area contributed by atoms with Gasteiger partial charge in [-0.05, 0) is 59.7 Å². The normalized spacial score (nSPS) is 13.5. The molecule has 102 valence electrons. The molecule has 0 aliphatic carbocycles. The van der Waals surface area contributed by atoms with E-state index in [2.05, 4.69) is 53.0 Å². The standard InChI is InChI=1S/C13H20INO2S/c1-3-15-13(8-5-9-18(2,16)17)11-6-4-7-12(14)10-11/h4,6-7,10,13,15H,3,5,8-9H2,1-2H3. The van der Waals surface area contributed by atoms with Crippen LogP contribution in [-0.2, 0) is 9.84 Å². The molecule has 0 radical (unpaired) electrons. The lowest BCUT2D eigenvalue weighted by atomic mass is 10.0. The van der Waals surface area contributed by atoms with E-state index < -0.39 is 9.84 Å². The van der Waals surface area contributed by atoms with Crippen molar-refractivity contribution in [3.63, 3.8) is 0 Å². The summed E-state index contributed by atoms with van der Waals surface area (Å²) in [5.74, 6) is 0.263. The van der Waals surface area contributed by atoms with Gasteiger partial charge in [-0.15, -0.1) is 0 Å². The third-order valence-electron chi connectivity index (χ3n) is 2.71. The molecule has 1 aromatic rings. The molecule has 0 aliphatic heterocycles. The van der Waals surface area contributed by atoms with Crippen LogP contribution >= 0.6 is 22.6 Å². The van der Waals surface area contributed by atoms with Gasteiger partial charge in [0.1, 0.15) is 9.84 Å². The number of nitrogens with one attached hydrogen (secondary N) is 1. The Hall–Kier alpha value is -0.140. The number of hydrogen-bond acceptors (Lipinski definition) is 3. The van der Waals surface area contributed by atoms with Gasteiger partial charge in [0.25, 0.3) is 0 Å². The average molecular weight is 381 g/mol. The number of halogens is 1. The van der Waals surface area contributed by atoms with Gasteiger partial charge >= 0.3 is 0 Å². The van der Waals surface area contributed by atoms with Gasteiger partial charge < -0.3 is 5.32 Å². The molecule has 0 aromatic heterocycles. The summed E-state index contributed by atoms with van der Waals surface area (Å²) in [6.07, 6.45) is 2.84. The first kappa shape index (κ1) is 15.9. The molecule has 18 heavy (non-hydrogen) atoms. The topological polar surface area (TPSA) is 46.2 Å². The predicted molar refractivity (Wildman–Crippen MR) is 84.5 cm³/mol. The maximum absolute atomic E-state index is 11.1. The first-order valence-electron chi connectivity index (χ1n) is 6.09. The number of hydrogen-bond donors (Lipinski definition) is 1. The van der Waals surface area contributed by atoms with E-state index in [0.717, 1.165) is 13.0 Å². The number of benzene rings is 1. The smallest absolute Gasteiger partial charge is 0.147 e. The Morgan fingerprint density at radius 3 is 2.67 bits per heavy atom. The van der Waals surface area contributed by atoms with Crippen molar-refractivity contribution in [1.82, 2.24) is 5.32 Å². The fourth-order valence-electron chi connectivity index (χ4n) is 1.91. The van der Waals surface area contributed by atoms with E-state index in [1.54, 1.807) is 0 Å².